The van der Waals surface area contributed by atoms with E-state index in [-0.39, 0.29) is 29.4 Å². The summed E-state index contributed by atoms with van der Waals surface area (Å²) in [6, 6.07) is -0.341. The quantitative estimate of drug-likeness (QED) is 0.417. The molecule has 176 valence electrons. The number of ether oxygens (including phenoxy) is 1. The van der Waals surface area contributed by atoms with E-state index in [9.17, 15) is 35.5 Å². The Morgan fingerprint density at radius 3 is 1.94 bits per heavy atom. The lowest BCUT2D eigenvalue weighted by molar-refractivity contribution is -0.143. The van der Waals surface area contributed by atoms with Gasteiger partial charge in [-0.1, -0.05) is 0 Å². The summed E-state index contributed by atoms with van der Waals surface area (Å²) < 4.78 is 114. The van der Waals surface area contributed by atoms with E-state index in [1.165, 1.54) is 6.92 Å². The van der Waals surface area contributed by atoms with Gasteiger partial charge in [-0.3, -0.25) is 4.79 Å². The molecule has 2 aromatic rings. The molecule has 0 aliphatic carbocycles. The van der Waals surface area contributed by atoms with Crippen LogP contribution in [-0.2, 0) is 21.9 Å². The maximum Gasteiger partial charge on any atom is 0.419 e. The van der Waals surface area contributed by atoms with Gasteiger partial charge in [-0.15, -0.1) is 0 Å². The van der Waals surface area contributed by atoms with E-state index in [0.717, 1.165) is 13.8 Å². The fourth-order valence-corrected chi connectivity index (χ4v) is 3.42. The lowest BCUT2D eigenvalue weighted by atomic mass is 9.88. The molecule has 32 heavy (non-hydrogen) atoms. The highest BCUT2D eigenvalue weighted by Gasteiger charge is 2.39. The van der Waals surface area contributed by atoms with E-state index in [4.69, 9.17) is 5.73 Å². The Balaban J connectivity index is 2.81. The van der Waals surface area contributed by atoms with Crippen molar-refractivity contribution in [3.05, 3.63) is 57.7 Å². The molecule has 2 N–H and O–H groups in total. The van der Waals surface area contributed by atoms with Crippen molar-refractivity contribution in [1.29, 1.82) is 0 Å². The van der Waals surface area contributed by atoms with Crippen LogP contribution in [0.2, 0.25) is 0 Å². The first kappa shape index (κ1) is 25.6. The molecule has 0 radical (unpaired) electrons. The monoisotopic (exact) mass is 469 g/mol. The number of benzene rings is 2. The molecule has 1 atom stereocenters. The molecule has 0 aliphatic rings. The van der Waals surface area contributed by atoms with Crippen LogP contribution in [0.3, 0.4) is 0 Å². The lowest BCUT2D eigenvalue weighted by Crippen LogP contribution is -2.22. The summed E-state index contributed by atoms with van der Waals surface area (Å²) in [5, 5.41) is 0. The van der Waals surface area contributed by atoms with Gasteiger partial charge in [0.1, 0.15) is 11.6 Å². The second-order valence-corrected chi connectivity index (χ2v) is 7.11. The molecular formula is C21H19F8NO2. The van der Waals surface area contributed by atoms with Crippen molar-refractivity contribution in [3.8, 4) is 11.1 Å². The molecule has 0 fully saturated rings. The van der Waals surface area contributed by atoms with E-state index in [0.29, 0.717) is 12.1 Å². The second kappa shape index (κ2) is 9.05. The summed E-state index contributed by atoms with van der Waals surface area (Å²) in [4.78, 5) is 11.6. The predicted molar refractivity (Wildman–Crippen MR) is 99.5 cm³/mol. The Morgan fingerprint density at radius 1 is 0.969 bits per heavy atom. The number of carbonyl (C=O) groups excluding carboxylic acids is 1. The predicted octanol–water partition coefficient (Wildman–Crippen LogP) is 6.24. The minimum atomic E-state index is -5.27. The molecule has 0 aliphatic heterocycles. The van der Waals surface area contributed by atoms with Crippen LogP contribution in [0.15, 0.2) is 18.2 Å². The van der Waals surface area contributed by atoms with E-state index in [1.54, 1.807) is 0 Å². The molecule has 0 unspecified atom stereocenters. The van der Waals surface area contributed by atoms with Crippen LogP contribution in [0.1, 0.15) is 47.2 Å². The molecule has 0 saturated heterocycles. The summed E-state index contributed by atoms with van der Waals surface area (Å²) in [5.74, 6) is -4.49. The number of halogens is 8. The lowest BCUT2D eigenvalue weighted by Gasteiger charge is -2.22. The van der Waals surface area contributed by atoms with Crippen LogP contribution in [0, 0.1) is 25.5 Å². The molecule has 0 saturated carbocycles. The minimum absolute atomic E-state index is 0.0890. The number of nitrogens with two attached hydrogens (primary N) is 1. The average Bonchev–Trinajstić information content (AvgIpc) is 2.61. The standard InChI is InChI=1S/C21H19F8NO2/c1-4-32-15(31)8-14(30)17-18(22)12(7-13(19(17)23)21(27,28)29)16-9(2)5-11(6-10(16)3)20(24,25)26/h5-7,14H,4,8,30H2,1-3H3/t14-/m0/s1. The molecular weight excluding hydrogens is 450 g/mol. The number of hydrogen-bond donors (Lipinski definition) is 1. The largest absolute Gasteiger partial charge is 0.466 e. The molecule has 11 heteroatoms. The molecule has 0 amide bonds. The van der Waals surface area contributed by atoms with Gasteiger partial charge in [0.2, 0.25) is 0 Å². The Kier molecular flexibility index (Phi) is 7.23. The zero-order valence-corrected chi connectivity index (χ0v) is 17.1. The second-order valence-electron chi connectivity index (χ2n) is 7.11. The molecule has 3 nitrogen and oxygen atoms in total. The number of esters is 1. The Bertz CT molecular complexity index is 1000. The normalized spacial score (nSPS) is 13.2. The van der Waals surface area contributed by atoms with E-state index < -0.39 is 64.7 Å². The van der Waals surface area contributed by atoms with Gasteiger partial charge in [0.15, 0.2) is 0 Å². The maximum atomic E-state index is 15.3. The number of aryl methyl sites for hydroxylation is 2. The molecule has 0 heterocycles. The zero-order chi connectivity index (χ0) is 24.6. The number of carbonyl (C=O) groups is 1. The Labute approximate surface area is 178 Å². The molecule has 0 bridgehead atoms. The Morgan fingerprint density at radius 2 is 1.50 bits per heavy atom. The average molecular weight is 469 g/mol. The van der Waals surface area contributed by atoms with Crippen LogP contribution in [0.25, 0.3) is 11.1 Å². The van der Waals surface area contributed by atoms with Crippen molar-refractivity contribution >= 4 is 5.97 Å². The summed E-state index contributed by atoms with van der Waals surface area (Å²) >= 11 is 0. The number of hydrogen-bond acceptors (Lipinski definition) is 3. The van der Waals surface area contributed by atoms with Crippen LogP contribution < -0.4 is 5.73 Å². The van der Waals surface area contributed by atoms with Crippen molar-refractivity contribution in [1.82, 2.24) is 0 Å². The van der Waals surface area contributed by atoms with Crippen molar-refractivity contribution < 1.29 is 44.7 Å². The van der Waals surface area contributed by atoms with Crippen molar-refractivity contribution in [2.24, 2.45) is 5.73 Å². The van der Waals surface area contributed by atoms with E-state index in [1.807, 2.05) is 0 Å². The summed E-state index contributed by atoms with van der Waals surface area (Å²) in [6.07, 6.45) is -10.8. The summed E-state index contributed by atoms with van der Waals surface area (Å²) in [5.41, 5.74) is 0.0933. The highest BCUT2D eigenvalue weighted by molar-refractivity contribution is 5.75. The third-order valence-electron chi connectivity index (χ3n) is 4.73. The van der Waals surface area contributed by atoms with Crippen LogP contribution in [-0.4, -0.2) is 12.6 Å². The number of alkyl halides is 6. The van der Waals surface area contributed by atoms with Crippen molar-refractivity contribution in [3.63, 3.8) is 0 Å². The van der Waals surface area contributed by atoms with Crippen molar-refractivity contribution in [2.45, 2.75) is 45.6 Å². The summed E-state index contributed by atoms with van der Waals surface area (Å²) in [7, 11) is 0. The first-order valence-electron chi connectivity index (χ1n) is 9.28. The SMILES string of the molecule is CCOC(=O)C[C@H](N)c1c(F)c(-c2c(C)cc(C(F)(F)F)cc2C)cc(C(F)(F)F)c1F. The molecule has 2 rings (SSSR count). The molecule has 2 aromatic carbocycles. The Hall–Kier alpha value is -2.69. The highest BCUT2D eigenvalue weighted by atomic mass is 19.4. The van der Waals surface area contributed by atoms with Gasteiger partial charge < -0.3 is 10.5 Å². The van der Waals surface area contributed by atoms with Crippen LogP contribution in [0.4, 0.5) is 35.1 Å². The number of rotatable bonds is 5. The van der Waals surface area contributed by atoms with Gasteiger partial charge in [0, 0.05) is 17.2 Å². The maximum absolute atomic E-state index is 15.3. The van der Waals surface area contributed by atoms with E-state index >= 15 is 4.39 Å². The van der Waals surface area contributed by atoms with Gasteiger partial charge in [0.25, 0.3) is 0 Å². The third-order valence-corrected chi connectivity index (χ3v) is 4.73. The molecule has 0 aromatic heterocycles. The minimum Gasteiger partial charge on any atom is -0.466 e. The third kappa shape index (κ3) is 5.20. The van der Waals surface area contributed by atoms with Gasteiger partial charge in [0.05, 0.1) is 24.2 Å². The van der Waals surface area contributed by atoms with Gasteiger partial charge in [-0.2, -0.15) is 26.3 Å². The van der Waals surface area contributed by atoms with Crippen LogP contribution >= 0.6 is 0 Å². The topological polar surface area (TPSA) is 52.3 Å². The smallest absolute Gasteiger partial charge is 0.419 e. The summed E-state index contributed by atoms with van der Waals surface area (Å²) in [6.45, 7) is 3.68. The fourth-order valence-electron chi connectivity index (χ4n) is 3.42. The van der Waals surface area contributed by atoms with Crippen molar-refractivity contribution in [2.75, 3.05) is 6.61 Å². The first-order chi connectivity index (χ1) is 14.6. The van der Waals surface area contributed by atoms with Gasteiger partial charge in [-0.05, 0) is 55.7 Å². The van der Waals surface area contributed by atoms with Gasteiger partial charge >= 0.3 is 18.3 Å². The van der Waals surface area contributed by atoms with Gasteiger partial charge in [-0.25, -0.2) is 8.78 Å². The first-order valence-corrected chi connectivity index (χ1v) is 9.28. The van der Waals surface area contributed by atoms with Crippen LogP contribution in [0.5, 0.6) is 0 Å². The van der Waals surface area contributed by atoms with E-state index in [2.05, 4.69) is 4.74 Å². The highest BCUT2D eigenvalue weighted by Crippen LogP contribution is 2.42. The molecule has 0 spiro atoms. The fraction of sp³-hybridized carbons (Fsp3) is 0.381. The zero-order valence-electron chi connectivity index (χ0n) is 17.1.